The van der Waals surface area contributed by atoms with Crippen LogP contribution in [0.3, 0.4) is 0 Å². The molecule has 0 aliphatic carbocycles. The summed E-state index contributed by atoms with van der Waals surface area (Å²) in [7, 11) is 0. The van der Waals surface area contributed by atoms with Gasteiger partial charge in [0, 0.05) is 24.2 Å². The maximum absolute atomic E-state index is 11.1. The molecule has 4 heteroatoms. The van der Waals surface area contributed by atoms with Gasteiger partial charge in [-0.25, -0.2) is 0 Å². The second-order valence-corrected chi connectivity index (χ2v) is 7.06. The van der Waals surface area contributed by atoms with Crippen LogP contribution in [0.5, 0.6) is 5.75 Å². The monoisotopic (exact) mass is 312 g/mol. The largest absolute Gasteiger partial charge is 0.508 e. The number of hydrogen-bond donors (Lipinski definition) is 2. The summed E-state index contributed by atoms with van der Waals surface area (Å²) in [6.45, 7) is 4.48. The summed E-state index contributed by atoms with van der Waals surface area (Å²) in [6, 6.07) is 7.24. The van der Waals surface area contributed by atoms with Crippen molar-refractivity contribution in [1.29, 1.82) is 0 Å². The molecule has 3 aliphatic rings. The predicted molar refractivity (Wildman–Crippen MR) is 90.2 cm³/mol. The van der Waals surface area contributed by atoms with Gasteiger partial charge in [-0.3, -0.25) is 9.88 Å². The first-order chi connectivity index (χ1) is 11.2. The fourth-order valence-corrected chi connectivity index (χ4v) is 4.59. The number of aromatic nitrogens is 1. The highest BCUT2D eigenvalue weighted by Gasteiger charge is 2.42. The van der Waals surface area contributed by atoms with Crippen molar-refractivity contribution in [3.05, 3.63) is 36.0 Å². The molecule has 5 atom stereocenters. The second kappa shape index (κ2) is 5.77. The average Bonchev–Trinajstić information content (AvgIpc) is 2.60. The SMILES string of the molecule is CC[C@H]1CN2CC[C@@H]1C[C@@H]2[C@H](O)c1ccnc2ccc(O)cc12. The fourth-order valence-electron chi connectivity index (χ4n) is 4.59. The quantitative estimate of drug-likeness (QED) is 0.914. The summed E-state index contributed by atoms with van der Waals surface area (Å²) in [5.74, 6) is 1.74. The molecule has 1 aromatic carbocycles. The van der Waals surface area contributed by atoms with Crippen LogP contribution in [0, 0.1) is 11.8 Å². The van der Waals surface area contributed by atoms with E-state index < -0.39 is 6.10 Å². The molecular weight excluding hydrogens is 288 g/mol. The Morgan fingerprint density at radius 1 is 1.35 bits per heavy atom. The number of benzene rings is 1. The fraction of sp³-hybridized carbons (Fsp3) is 0.526. The molecule has 1 unspecified atom stereocenters. The minimum absolute atomic E-state index is 0.185. The lowest BCUT2D eigenvalue weighted by Crippen LogP contribution is -2.55. The molecule has 3 saturated heterocycles. The highest BCUT2D eigenvalue weighted by molar-refractivity contribution is 5.83. The Kier molecular flexibility index (Phi) is 3.74. The van der Waals surface area contributed by atoms with Crippen LogP contribution in [0.2, 0.25) is 0 Å². The zero-order chi connectivity index (χ0) is 16.0. The topological polar surface area (TPSA) is 56.6 Å². The van der Waals surface area contributed by atoms with Gasteiger partial charge in [0.1, 0.15) is 5.75 Å². The number of fused-ring (bicyclic) bond motifs is 4. The molecule has 0 amide bonds. The Balaban J connectivity index is 1.68. The van der Waals surface area contributed by atoms with E-state index in [0.29, 0.717) is 0 Å². The smallest absolute Gasteiger partial charge is 0.116 e. The summed E-state index contributed by atoms with van der Waals surface area (Å²) in [6.07, 6.45) is 4.80. The molecule has 122 valence electrons. The lowest BCUT2D eigenvalue weighted by atomic mass is 9.72. The first-order valence-electron chi connectivity index (χ1n) is 8.67. The Hall–Kier alpha value is -1.65. The normalized spacial score (nSPS) is 31.4. The predicted octanol–water partition coefficient (Wildman–Crippen LogP) is 3.09. The van der Waals surface area contributed by atoms with Crippen molar-refractivity contribution >= 4 is 10.9 Å². The van der Waals surface area contributed by atoms with Crippen LogP contribution in [0.1, 0.15) is 37.9 Å². The van der Waals surface area contributed by atoms with Gasteiger partial charge in [0.05, 0.1) is 11.6 Å². The van der Waals surface area contributed by atoms with Gasteiger partial charge in [-0.1, -0.05) is 13.3 Å². The van der Waals surface area contributed by atoms with Gasteiger partial charge in [0.15, 0.2) is 0 Å². The molecule has 2 N–H and O–H groups in total. The first kappa shape index (κ1) is 14.9. The number of aliphatic hydroxyl groups excluding tert-OH is 1. The highest BCUT2D eigenvalue weighted by Crippen LogP contribution is 2.42. The Morgan fingerprint density at radius 2 is 2.22 bits per heavy atom. The number of aromatic hydroxyl groups is 1. The lowest BCUT2D eigenvalue weighted by Gasteiger charge is -2.51. The molecule has 5 rings (SSSR count). The van der Waals surface area contributed by atoms with Gasteiger partial charge in [0.25, 0.3) is 0 Å². The molecule has 0 radical (unpaired) electrons. The molecule has 1 aromatic heterocycles. The van der Waals surface area contributed by atoms with Gasteiger partial charge in [-0.2, -0.15) is 0 Å². The number of pyridine rings is 1. The number of rotatable bonds is 3. The van der Waals surface area contributed by atoms with E-state index in [-0.39, 0.29) is 11.8 Å². The van der Waals surface area contributed by atoms with E-state index >= 15 is 0 Å². The Morgan fingerprint density at radius 3 is 2.96 bits per heavy atom. The van der Waals surface area contributed by atoms with Gasteiger partial charge in [-0.15, -0.1) is 0 Å². The minimum Gasteiger partial charge on any atom is -0.508 e. The number of piperidine rings is 3. The average molecular weight is 312 g/mol. The van der Waals surface area contributed by atoms with E-state index in [1.54, 1.807) is 24.4 Å². The summed E-state index contributed by atoms with van der Waals surface area (Å²) in [5.41, 5.74) is 1.71. The maximum atomic E-state index is 11.1. The van der Waals surface area contributed by atoms with Crippen molar-refractivity contribution in [3.8, 4) is 5.75 Å². The molecule has 4 nitrogen and oxygen atoms in total. The molecule has 3 fully saturated rings. The van der Waals surface area contributed by atoms with E-state index in [1.807, 2.05) is 6.07 Å². The zero-order valence-corrected chi connectivity index (χ0v) is 13.5. The number of phenolic OH excluding ortho intramolecular Hbond substituents is 1. The number of phenols is 1. The van der Waals surface area contributed by atoms with Crippen molar-refractivity contribution in [1.82, 2.24) is 9.88 Å². The molecule has 23 heavy (non-hydrogen) atoms. The maximum Gasteiger partial charge on any atom is 0.116 e. The Bertz CT molecular complexity index is 718. The van der Waals surface area contributed by atoms with Crippen LogP contribution in [0.25, 0.3) is 10.9 Å². The van der Waals surface area contributed by atoms with Gasteiger partial charge in [-0.05, 0) is 61.1 Å². The minimum atomic E-state index is -0.525. The molecule has 0 saturated carbocycles. The van der Waals surface area contributed by atoms with E-state index in [0.717, 1.165) is 47.8 Å². The third-order valence-electron chi connectivity index (χ3n) is 5.90. The van der Waals surface area contributed by atoms with Crippen molar-refractivity contribution in [2.75, 3.05) is 13.1 Å². The van der Waals surface area contributed by atoms with Crippen LogP contribution in [-0.2, 0) is 0 Å². The van der Waals surface area contributed by atoms with Crippen LogP contribution in [-0.4, -0.2) is 39.2 Å². The van der Waals surface area contributed by atoms with Crippen LogP contribution < -0.4 is 0 Å². The summed E-state index contributed by atoms with van der Waals surface area (Å²) in [5, 5.41) is 21.7. The van der Waals surface area contributed by atoms with E-state index in [9.17, 15) is 10.2 Å². The zero-order valence-electron chi connectivity index (χ0n) is 13.5. The van der Waals surface area contributed by atoms with E-state index in [1.165, 1.54) is 12.8 Å². The molecule has 3 aliphatic heterocycles. The summed E-state index contributed by atoms with van der Waals surface area (Å²) in [4.78, 5) is 6.81. The van der Waals surface area contributed by atoms with Gasteiger partial charge >= 0.3 is 0 Å². The third kappa shape index (κ3) is 2.50. The van der Waals surface area contributed by atoms with Crippen LogP contribution in [0.15, 0.2) is 30.5 Å². The van der Waals surface area contributed by atoms with Crippen LogP contribution in [0.4, 0.5) is 0 Å². The summed E-state index contributed by atoms with van der Waals surface area (Å²) >= 11 is 0. The van der Waals surface area contributed by atoms with E-state index in [4.69, 9.17) is 0 Å². The number of aliphatic hydroxyl groups is 1. The second-order valence-electron chi connectivity index (χ2n) is 7.06. The van der Waals surface area contributed by atoms with E-state index in [2.05, 4.69) is 16.8 Å². The summed E-state index contributed by atoms with van der Waals surface area (Å²) < 4.78 is 0. The Labute approximate surface area is 136 Å². The highest BCUT2D eigenvalue weighted by atomic mass is 16.3. The molecular formula is C19H24N2O2. The first-order valence-corrected chi connectivity index (χ1v) is 8.67. The third-order valence-corrected chi connectivity index (χ3v) is 5.90. The number of hydrogen-bond acceptors (Lipinski definition) is 4. The van der Waals surface area contributed by atoms with Gasteiger partial charge < -0.3 is 10.2 Å². The molecule has 4 heterocycles. The van der Waals surface area contributed by atoms with Crippen molar-refractivity contribution < 1.29 is 10.2 Å². The van der Waals surface area contributed by atoms with Crippen molar-refractivity contribution in [2.45, 2.75) is 38.3 Å². The molecule has 0 spiro atoms. The standard InChI is InChI=1S/C19H24N2O2/c1-2-12-11-21-8-6-13(12)9-18(21)19(23)15-5-7-20-17-4-3-14(22)10-16(15)17/h3-5,7,10,12-13,18-19,22-23H,2,6,8-9,11H2,1H3/t12-,13+,18+,19+/m0/s1. The molecule has 2 bridgehead atoms. The number of nitrogens with zero attached hydrogens (tertiary/aromatic N) is 2. The molecule has 2 aromatic rings. The van der Waals surface area contributed by atoms with Gasteiger partial charge in [0.2, 0.25) is 0 Å². The lowest BCUT2D eigenvalue weighted by molar-refractivity contribution is -0.0562. The van der Waals surface area contributed by atoms with Crippen molar-refractivity contribution in [3.63, 3.8) is 0 Å². The van der Waals surface area contributed by atoms with Crippen LogP contribution >= 0.6 is 0 Å². The van der Waals surface area contributed by atoms with Crippen molar-refractivity contribution in [2.24, 2.45) is 11.8 Å².